The van der Waals surface area contributed by atoms with Gasteiger partial charge in [0.25, 0.3) is 0 Å². The molecule has 0 aliphatic heterocycles. The zero-order valence-electron chi connectivity index (χ0n) is 22.1. The number of hydrogen-bond acceptors (Lipinski definition) is 6. The van der Waals surface area contributed by atoms with Crippen LogP contribution in [-0.2, 0) is 32.7 Å². The molecule has 4 rings (SSSR count). The summed E-state index contributed by atoms with van der Waals surface area (Å²) in [5.41, 5.74) is 3.60. The largest absolute Gasteiger partial charge is 0.459 e. The molecule has 0 spiro atoms. The zero-order chi connectivity index (χ0) is 30.3. The molecule has 0 aliphatic rings. The molecule has 0 unspecified atom stereocenters. The van der Waals surface area contributed by atoms with Crippen molar-refractivity contribution in [2.45, 2.75) is 31.0 Å². The van der Waals surface area contributed by atoms with Crippen LogP contribution in [0.1, 0.15) is 35.6 Å². The van der Waals surface area contributed by atoms with Crippen LogP contribution < -0.4 is 10.7 Å². The minimum Gasteiger partial charge on any atom is -0.459 e. The van der Waals surface area contributed by atoms with Crippen molar-refractivity contribution in [2.75, 3.05) is 0 Å². The molecular weight excluding hydrogens is 623 g/mol. The number of hydrazone groups is 1. The second-order valence-corrected chi connectivity index (χ2v) is 12.3. The van der Waals surface area contributed by atoms with Gasteiger partial charge in [-0.3, -0.25) is 9.59 Å². The number of hydrogen-bond donors (Lipinski definition) is 2. The molecule has 1 atom stereocenters. The van der Waals surface area contributed by atoms with Crippen molar-refractivity contribution in [3.63, 3.8) is 0 Å². The second-order valence-electron chi connectivity index (χ2n) is 9.08. The minimum absolute atomic E-state index is 0.0292. The first kappa shape index (κ1) is 31.3. The molecule has 0 saturated heterocycles. The number of sulfonamides is 1. The Hall–Kier alpha value is -3.67. The molecule has 0 radical (unpaired) electrons. The van der Waals surface area contributed by atoms with Gasteiger partial charge in [0.15, 0.2) is 0 Å². The van der Waals surface area contributed by atoms with E-state index in [0.717, 1.165) is 5.56 Å². The van der Waals surface area contributed by atoms with E-state index in [9.17, 15) is 18.0 Å². The van der Waals surface area contributed by atoms with Crippen LogP contribution in [0.25, 0.3) is 0 Å². The topological polar surface area (TPSA) is 121 Å². The van der Waals surface area contributed by atoms with Gasteiger partial charge in [0, 0.05) is 11.6 Å². The molecule has 42 heavy (non-hydrogen) atoms. The van der Waals surface area contributed by atoms with Crippen molar-refractivity contribution >= 4 is 62.9 Å². The summed E-state index contributed by atoms with van der Waals surface area (Å²) in [6.45, 7) is 1.59. The van der Waals surface area contributed by atoms with Crippen LogP contribution in [0.4, 0.5) is 0 Å². The lowest BCUT2D eigenvalue weighted by atomic mass is 10.1. The fraction of sp³-hybridized carbons (Fsp3) is 0.138. The van der Waals surface area contributed by atoms with E-state index in [1.165, 1.54) is 34.8 Å². The Kier molecular flexibility index (Phi) is 10.4. The smallest absolute Gasteiger partial charge is 0.329 e. The number of carbonyl (C=O) groups excluding carboxylic acids is 2. The normalized spacial score (nSPS) is 12.4. The van der Waals surface area contributed by atoms with Crippen LogP contribution in [0.3, 0.4) is 0 Å². The third-order valence-corrected chi connectivity index (χ3v) is 8.82. The van der Waals surface area contributed by atoms with E-state index in [4.69, 9.17) is 39.2 Å². The van der Waals surface area contributed by atoms with Gasteiger partial charge < -0.3 is 9.73 Å². The van der Waals surface area contributed by atoms with E-state index >= 15 is 0 Å². The molecule has 13 heteroatoms. The highest BCUT2D eigenvalue weighted by Crippen LogP contribution is 2.27. The third kappa shape index (κ3) is 8.21. The van der Waals surface area contributed by atoms with Gasteiger partial charge in [0.05, 0.1) is 33.7 Å². The number of nitrogens with one attached hydrogen (secondary N) is 2. The van der Waals surface area contributed by atoms with Gasteiger partial charge in [-0.2, -0.15) is 9.41 Å². The predicted molar refractivity (Wildman–Crippen MR) is 162 cm³/mol. The highest BCUT2D eigenvalue weighted by molar-refractivity contribution is 7.89. The number of carbonyl (C=O) groups is 2. The van der Waals surface area contributed by atoms with E-state index in [2.05, 4.69) is 15.8 Å². The van der Waals surface area contributed by atoms with Gasteiger partial charge >= 0.3 is 11.8 Å². The van der Waals surface area contributed by atoms with Crippen molar-refractivity contribution < 1.29 is 22.4 Å². The monoisotopic (exact) mass is 646 g/mol. The number of rotatable bonds is 10. The first-order valence-corrected chi connectivity index (χ1v) is 15.1. The maximum Gasteiger partial charge on any atom is 0.329 e. The summed E-state index contributed by atoms with van der Waals surface area (Å²) in [7, 11) is -3.99. The molecule has 0 bridgehead atoms. The number of halogens is 3. The van der Waals surface area contributed by atoms with Crippen molar-refractivity contribution in [1.29, 1.82) is 0 Å². The van der Waals surface area contributed by atoms with Crippen LogP contribution in [-0.4, -0.2) is 30.8 Å². The average Bonchev–Trinajstić information content (AvgIpc) is 3.42. The quantitative estimate of drug-likeness (QED) is 0.125. The summed E-state index contributed by atoms with van der Waals surface area (Å²) >= 11 is 18.1. The standard InChI is InChI=1S/C29H25Cl3N4O5S/c1-19(21-5-3-2-4-6-21)34-28(37)29(38)35-33-16-23-10-11-24(41-23)18-36(17-20-7-14-26(31)27(32)15-20)42(39,40)25-12-8-22(30)9-13-25/h2-16,19H,17-18H2,1H3,(H,34,37)(H,35,38)/b33-16+/t19-/m0/s1. The van der Waals surface area contributed by atoms with Crippen LogP contribution in [0, 0.1) is 0 Å². The van der Waals surface area contributed by atoms with E-state index < -0.39 is 21.8 Å². The summed E-state index contributed by atoms with van der Waals surface area (Å²) in [6.07, 6.45) is 1.20. The highest BCUT2D eigenvalue weighted by Gasteiger charge is 2.26. The van der Waals surface area contributed by atoms with Gasteiger partial charge in [0.2, 0.25) is 10.0 Å². The Bertz CT molecular complexity index is 1690. The SMILES string of the molecule is C[C@H](NC(=O)C(=O)N/N=C/c1ccc(CN(Cc2ccc(Cl)c(Cl)c2)S(=O)(=O)c2ccc(Cl)cc2)o1)c1ccccc1. The van der Waals surface area contributed by atoms with Gasteiger partial charge in [-0.25, -0.2) is 13.8 Å². The maximum absolute atomic E-state index is 13.6. The summed E-state index contributed by atoms with van der Waals surface area (Å²) in [5, 5.41) is 7.40. The first-order valence-electron chi connectivity index (χ1n) is 12.5. The molecule has 218 valence electrons. The fourth-order valence-corrected chi connectivity index (χ4v) is 5.68. The van der Waals surface area contributed by atoms with Crippen LogP contribution in [0.5, 0.6) is 0 Å². The Morgan fingerprint density at radius 3 is 2.31 bits per heavy atom. The van der Waals surface area contributed by atoms with Crippen LogP contribution >= 0.6 is 34.8 Å². The Morgan fingerprint density at radius 1 is 0.905 bits per heavy atom. The van der Waals surface area contributed by atoms with E-state index in [-0.39, 0.29) is 29.8 Å². The molecular formula is C29H25Cl3N4O5S. The fourth-order valence-electron chi connectivity index (χ4n) is 3.84. The molecule has 0 saturated carbocycles. The Balaban J connectivity index is 1.44. The molecule has 2 amide bonds. The summed E-state index contributed by atoms with van der Waals surface area (Å²) in [5.74, 6) is -1.28. The average molecular weight is 648 g/mol. The molecule has 0 fully saturated rings. The molecule has 3 aromatic carbocycles. The molecule has 9 nitrogen and oxygen atoms in total. The summed E-state index contributed by atoms with van der Waals surface area (Å²) < 4.78 is 34.1. The van der Waals surface area contributed by atoms with Gasteiger partial charge in [0.1, 0.15) is 11.5 Å². The van der Waals surface area contributed by atoms with E-state index in [1.54, 1.807) is 37.3 Å². The van der Waals surface area contributed by atoms with Crippen molar-refractivity contribution in [3.05, 3.63) is 123 Å². The lowest BCUT2D eigenvalue weighted by molar-refractivity contribution is -0.139. The van der Waals surface area contributed by atoms with Gasteiger partial charge in [-0.05, 0) is 66.6 Å². The zero-order valence-corrected chi connectivity index (χ0v) is 25.2. The molecule has 1 aromatic heterocycles. The summed E-state index contributed by atoms with van der Waals surface area (Å²) in [4.78, 5) is 24.4. The number of benzene rings is 3. The van der Waals surface area contributed by atoms with Gasteiger partial charge in [-0.1, -0.05) is 71.2 Å². The first-order chi connectivity index (χ1) is 20.0. The van der Waals surface area contributed by atoms with Crippen molar-refractivity contribution in [3.8, 4) is 0 Å². The summed E-state index contributed by atoms with van der Waals surface area (Å²) in [6, 6.07) is 22.6. The number of amides is 2. The van der Waals surface area contributed by atoms with E-state index in [1.807, 2.05) is 30.3 Å². The third-order valence-electron chi connectivity index (χ3n) is 6.02. The van der Waals surface area contributed by atoms with Gasteiger partial charge in [-0.15, -0.1) is 0 Å². The Morgan fingerprint density at radius 2 is 1.62 bits per heavy atom. The van der Waals surface area contributed by atoms with Crippen LogP contribution in [0.2, 0.25) is 15.1 Å². The molecule has 4 aromatic rings. The van der Waals surface area contributed by atoms with Crippen molar-refractivity contribution in [1.82, 2.24) is 15.0 Å². The number of furan rings is 1. The number of nitrogens with zero attached hydrogens (tertiary/aromatic N) is 2. The molecule has 1 heterocycles. The minimum atomic E-state index is -3.99. The lowest BCUT2D eigenvalue weighted by Crippen LogP contribution is -2.39. The molecule has 2 N–H and O–H groups in total. The lowest BCUT2D eigenvalue weighted by Gasteiger charge is -2.22. The molecule has 0 aliphatic carbocycles. The Labute approximate surface area is 258 Å². The van der Waals surface area contributed by atoms with E-state index in [0.29, 0.717) is 26.4 Å². The van der Waals surface area contributed by atoms with Crippen molar-refractivity contribution in [2.24, 2.45) is 5.10 Å². The maximum atomic E-state index is 13.6. The second kappa shape index (κ2) is 14.0. The van der Waals surface area contributed by atoms with Crippen LogP contribution in [0.15, 0.2) is 99.3 Å². The predicted octanol–water partition coefficient (Wildman–Crippen LogP) is 5.96. The highest BCUT2D eigenvalue weighted by atomic mass is 35.5.